The van der Waals surface area contributed by atoms with Crippen molar-refractivity contribution in [3.05, 3.63) is 53.9 Å². The van der Waals surface area contributed by atoms with Gasteiger partial charge in [0, 0.05) is 30.6 Å². The third-order valence-corrected chi connectivity index (χ3v) is 4.93. The minimum absolute atomic E-state index is 0.0419. The fourth-order valence-corrected chi connectivity index (χ4v) is 3.30. The van der Waals surface area contributed by atoms with Gasteiger partial charge in [-0.3, -0.25) is 14.6 Å². The van der Waals surface area contributed by atoms with Crippen LogP contribution in [-0.4, -0.2) is 34.8 Å². The van der Waals surface area contributed by atoms with E-state index in [1.165, 1.54) is 0 Å². The molecule has 4 rings (SSSR count). The molecule has 2 heterocycles. The predicted molar refractivity (Wildman–Crippen MR) is 101 cm³/mol. The number of amides is 2. The lowest BCUT2D eigenvalue weighted by molar-refractivity contribution is -0.133. The summed E-state index contributed by atoms with van der Waals surface area (Å²) in [6.07, 6.45) is 6.34. The Morgan fingerprint density at radius 2 is 2.15 bits per heavy atom. The molecule has 0 spiro atoms. The molecule has 1 saturated carbocycles. The number of nitrogens with one attached hydrogen (secondary N) is 1. The standard InChI is InChI=1S/C21H23N3O3/c25-20(23-18-2-1-9-22-13-18)8-4-15-3-7-19-17(12-15)14-24(10-11-27-19)21(26)16-5-6-16/h1-3,7,9,12-13,16H,4-6,8,10-11,14H2,(H,23,25). The van der Waals surface area contributed by atoms with Crippen LogP contribution < -0.4 is 10.1 Å². The van der Waals surface area contributed by atoms with Gasteiger partial charge in [0.2, 0.25) is 11.8 Å². The molecule has 6 heteroatoms. The Morgan fingerprint density at radius 1 is 1.26 bits per heavy atom. The van der Waals surface area contributed by atoms with Gasteiger partial charge < -0.3 is 15.0 Å². The topological polar surface area (TPSA) is 71.5 Å². The average molecular weight is 365 g/mol. The zero-order valence-corrected chi connectivity index (χ0v) is 15.2. The van der Waals surface area contributed by atoms with Crippen molar-refractivity contribution >= 4 is 17.5 Å². The molecule has 0 saturated heterocycles. The maximum atomic E-state index is 12.4. The highest BCUT2D eigenvalue weighted by molar-refractivity contribution is 5.90. The smallest absolute Gasteiger partial charge is 0.226 e. The van der Waals surface area contributed by atoms with E-state index < -0.39 is 0 Å². The molecule has 1 aromatic carbocycles. The lowest BCUT2D eigenvalue weighted by Gasteiger charge is -2.19. The van der Waals surface area contributed by atoms with Gasteiger partial charge in [-0.15, -0.1) is 0 Å². The second-order valence-corrected chi connectivity index (χ2v) is 7.11. The molecular weight excluding hydrogens is 342 g/mol. The first kappa shape index (κ1) is 17.5. The number of aromatic nitrogens is 1. The highest BCUT2D eigenvalue weighted by Gasteiger charge is 2.34. The lowest BCUT2D eigenvalue weighted by atomic mass is 10.0. The fraction of sp³-hybridized carbons (Fsp3) is 0.381. The van der Waals surface area contributed by atoms with Crippen molar-refractivity contribution < 1.29 is 14.3 Å². The Kier molecular flexibility index (Phi) is 5.05. The number of ether oxygens (including phenoxy) is 1. The first-order chi connectivity index (χ1) is 13.2. The molecule has 2 amide bonds. The van der Waals surface area contributed by atoms with E-state index in [2.05, 4.69) is 16.4 Å². The van der Waals surface area contributed by atoms with E-state index in [0.717, 1.165) is 29.7 Å². The maximum Gasteiger partial charge on any atom is 0.226 e. The molecule has 2 aliphatic rings. The summed E-state index contributed by atoms with van der Waals surface area (Å²) in [5.74, 6) is 1.25. The van der Waals surface area contributed by atoms with Gasteiger partial charge >= 0.3 is 0 Å². The number of aryl methyl sites for hydroxylation is 1. The molecule has 1 N–H and O–H groups in total. The van der Waals surface area contributed by atoms with Crippen LogP contribution in [0.1, 0.15) is 30.4 Å². The van der Waals surface area contributed by atoms with Crippen molar-refractivity contribution in [2.24, 2.45) is 5.92 Å². The molecule has 27 heavy (non-hydrogen) atoms. The summed E-state index contributed by atoms with van der Waals surface area (Å²) in [6, 6.07) is 9.61. The molecule has 2 aromatic rings. The van der Waals surface area contributed by atoms with Gasteiger partial charge in [-0.2, -0.15) is 0 Å². The van der Waals surface area contributed by atoms with Crippen LogP contribution in [-0.2, 0) is 22.6 Å². The van der Waals surface area contributed by atoms with Gasteiger partial charge in [0.05, 0.1) is 18.4 Å². The van der Waals surface area contributed by atoms with E-state index in [0.29, 0.717) is 38.2 Å². The Hall–Kier alpha value is -2.89. The summed E-state index contributed by atoms with van der Waals surface area (Å²) in [5, 5.41) is 2.85. The number of benzene rings is 1. The van der Waals surface area contributed by atoms with Crippen LogP contribution in [0.15, 0.2) is 42.7 Å². The van der Waals surface area contributed by atoms with Crippen LogP contribution in [0.2, 0.25) is 0 Å². The van der Waals surface area contributed by atoms with E-state index in [4.69, 9.17) is 4.74 Å². The van der Waals surface area contributed by atoms with Crippen molar-refractivity contribution in [2.75, 3.05) is 18.5 Å². The van der Waals surface area contributed by atoms with Gasteiger partial charge in [-0.25, -0.2) is 0 Å². The monoisotopic (exact) mass is 365 g/mol. The number of fused-ring (bicyclic) bond motifs is 1. The minimum Gasteiger partial charge on any atom is -0.491 e. The second kappa shape index (κ2) is 7.78. The summed E-state index contributed by atoms with van der Waals surface area (Å²) in [7, 11) is 0. The highest BCUT2D eigenvalue weighted by Crippen LogP contribution is 2.33. The third kappa shape index (κ3) is 4.45. The van der Waals surface area contributed by atoms with Gasteiger partial charge in [-0.1, -0.05) is 12.1 Å². The number of pyridine rings is 1. The maximum absolute atomic E-state index is 12.4. The third-order valence-electron chi connectivity index (χ3n) is 4.93. The first-order valence-corrected chi connectivity index (χ1v) is 9.42. The van der Waals surface area contributed by atoms with Crippen LogP contribution in [0.5, 0.6) is 5.75 Å². The molecule has 1 fully saturated rings. The van der Waals surface area contributed by atoms with Crippen LogP contribution in [0.25, 0.3) is 0 Å². The Bertz CT molecular complexity index is 834. The summed E-state index contributed by atoms with van der Waals surface area (Å²) in [4.78, 5) is 30.4. The fourth-order valence-electron chi connectivity index (χ4n) is 3.30. The number of carbonyl (C=O) groups is 2. The quantitative estimate of drug-likeness (QED) is 0.884. The average Bonchev–Trinajstić information content (AvgIpc) is 3.53. The summed E-state index contributed by atoms with van der Waals surface area (Å²) < 4.78 is 5.81. The van der Waals surface area contributed by atoms with Crippen LogP contribution in [0.3, 0.4) is 0 Å². The van der Waals surface area contributed by atoms with Crippen molar-refractivity contribution in [2.45, 2.75) is 32.2 Å². The molecule has 0 unspecified atom stereocenters. The van der Waals surface area contributed by atoms with Crippen LogP contribution >= 0.6 is 0 Å². The highest BCUT2D eigenvalue weighted by atomic mass is 16.5. The number of carbonyl (C=O) groups excluding carboxylic acids is 2. The molecule has 140 valence electrons. The number of hydrogen-bond donors (Lipinski definition) is 1. The predicted octanol–water partition coefficient (Wildman–Crippen LogP) is 2.78. The number of anilines is 1. The van der Waals surface area contributed by atoms with Gasteiger partial charge in [0.1, 0.15) is 12.4 Å². The largest absolute Gasteiger partial charge is 0.491 e. The van der Waals surface area contributed by atoms with E-state index in [-0.39, 0.29) is 17.7 Å². The number of nitrogens with zero attached hydrogens (tertiary/aromatic N) is 2. The summed E-state index contributed by atoms with van der Waals surface area (Å²) in [6.45, 7) is 1.74. The van der Waals surface area contributed by atoms with Crippen LogP contribution in [0.4, 0.5) is 5.69 Å². The number of rotatable bonds is 5. The molecule has 1 aliphatic heterocycles. The van der Waals surface area contributed by atoms with Crippen LogP contribution in [0, 0.1) is 5.92 Å². The SMILES string of the molecule is O=C(CCc1ccc2c(c1)CN(C(=O)C1CC1)CCO2)Nc1cccnc1. The molecule has 0 radical (unpaired) electrons. The lowest BCUT2D eigenvalue weighted by Crippen LogP contribution is -2.33. The number of hydrogen-bond acceptors (Lipinski definition) is 4. The Morgan fingerprint density at radius 3 is 2.93 bits per heavy atom. The molecule has 1 aromatic heterocycles. The first-order valence-electron chi connectivity index (χ1n) is 9.42. The van der Waals surface area contributed by atoms with Gasteiger partial charge in [0.25, 0.3) is 0 Å². The van der Waals surface area contributed by atoms with E-state index in [1.807, 2.05) is 23.1 Å². The summed E-state index contributed by atoms with van der Waals surface area (Å²) >= 11 is 0. The Balaban J connectivity index is 1.38. The van der Waals surface area contributed by atoms with Crippen molar-refractivity contribution in [3.63, 3.8) is 0 Å². The van der Waals surface area contributed by atoms with Crippen molar-refractivity contribution in [1.29, 1.82) is 0 Å². The van der Waals surface area contributed by atoms with Gasteiger partial charge in [-0.05, 0) is 43.0 Å². The Labute approximate surface area is 158 Å². The molecule has 6 nitrogen and oxygen atoms in total. The molecule has 0 bridgehead atoms. The zero-order valence-electron chi connectivity index (χ0n) is 15.2. The summed E-state index contributed by atoms with van der Waals surface area (Å²) in [5.41, 5.74) is 2.79. The van der Waals surface area contributed by atoms with Gasteiger partial charge in [0.15, 0.2) is 0 Å². The zero-order chi connectivity index (χ0) is 18.6. The van der Waals surface area contributed by atoms with Crippen molar-refractivity contribution in [1.82, 2.24) is 9.88 Å². The van der Waals surface area contributed by atoms with E-state index >= 15 is 0 Å². The van der Waals surface area contributed by atoms with E-state index in [1.54, 1.807) is 18.5 Å². The minimum atomic E-state index is -0.0419. The molecule has 1 aliphatic carbocycles. The van der Waals surface area contributed by atoms with Crippen molar-refractivity contribution in [3.8, 4) is 5.75 Å². The molecule has 0 atom stereocenters. The second-order valence-electron chi connectivity index (χ2n) is 7.11. The van der Waals surface area contributed by atoms with E-state index in [9.17, 15) is 9.59 Å². The normalized spacial score (nSPS) is 16.1. The molecular formula is C21H23N3O3.